The number of nitrogens with zero attached hydrogens (tertiary/aromatic N) is 3. The summed E-state index contributed by atoms with van der Waals surface area (Å²) in [6.07, 6.45) is 1.91. The number of aromatic nitrogens is 2. The van der Waals surface area contributed by atoms with Crippen molar-refractivity contribution in [2.75, 3.05) is 13.7 Å². The van der Waals surface area contributed by atoms with E-state index in [1.54, 1.807) is 19.2 Å². The van der Waals surface area contributed by atoms with Crippen LogP contribution in [0.4, 0.5) is 4.39 Å². The summed E-state index contributed by atoms with van der Waals surface area (Å²) >= 11 is 0. The molecule has 2 heterocycles. The SMILES string of the molecule is COC1CN(Cc2cccc(F)c2)Cc2ccnn2C1. The van der Waals surface area contributed by atoms with Crippen molar-refractivity contribution in [3.05, 3.63) is 53.6 Å². The lowest BCUT2D eigenvalue weighted by molar-refractivity contribution is 0.0547. The molecular weight excluding hydrogens is 257 g/mol. The third-order valence-corrected chi connectivity index (χ3v) is 3.66. The Morgan fingerprint density at radius 3 is 3.05 bits per heavy atom. The number of benzene rings is 1. The minimum absolute atomic E-state index is 0.102. The van der Waals surface area contributed by atoms with Crippen LogP contribution in [0.2, 0.25) is 0 Å². The van der Waals surface area contributed by atoms with Crippen LogP contribution < -0.4 is 0 Å². The molecule has 106 valence electrons. The van der Waals surface area contributed by atoms with Crippen molar-refractivity contribution in [2.45, 2.75) is 25.7 Å². The van der Waals surface area contributed by atoms with Crippen molar-refractivity contribution in [2.24, 2.45) is 0 Å². The summed E-state index contributed by atoms with van der Waals surface area (Å²) in [5.74, 6) is -0.189. The Kier molecular flexibility index (Phi) is 3.80. The van der Waals surface area contributed by atoms with Gasteiger partial charge in [-0.3, -0.25) is 9.58 Å². The fraction of sp³-hybridized carbons (Fsp3) is 0.400. The van der Waals surface area contributed by atoms with E-state index in [1.807, 2.05) is 23.0 Å². The van der Waals surface area contributed by atoms with E-state index >= 15 is 0 Å². The summed E-state index contributed by atoms with van der Waals surface area (Å²) in [6.45, 7) is 3.09. The largest absolute Gasteiger partial charge is 0.378 e. The van der Waals surface area contributed by atoms with Crippen molar-refractivity contribution in [1.29, 1.82) is 0 Å². The molecule has 0 bridgehead atoms. The van der Waals surface area contributed by atoms with Crippen LogP contribution in [0.1, 0.15) is 11.3 Å². The zero-order valence-electron chi connectivity index (χ0n) is 11.5. The summed E-state index contributed by atoms with van der Waals surface area (Å²) < 4.78 is 20.8. The first-order valence-corrected chi connectivity index (χ1v) is 6.75. The lowest BCUT2D eigenvalue weighted by Gasteiger charge is -2.23. The molecule has 20 heavy (non-hydrogen) atoms. The highest BCUT2D eigenvalue weighted by Crippen LogP contribution is 2.16. The van der Waals surface area contributed by atoms with Crippen LogP contribution in [0.5, 0.6) is 0 Å². The van der Waals surface area contributed by atoms with Gasteiger partial charge in [0.15, 0.2) is 0 Å². The quantitative estimate of drug-likeness (QED) is 0.859. The molecule has 0 spiro atoms. The van der Waals surface area contributed by atoms with Crippen molar-refractivity contribution in [3.8, 4) is 0 Å². The fourth-order valence-corrected chi connectivity index (χ4v) is 2.65. The van der Waals surface area contributed by atoms with Crippen molar-refractivity contribution >= 4 is 0 Å². The Bertz CT molecular complexity index is 584. The van der Waals surface area contributed by atoms with Crippen molar-refractivity contribution in [1.82, 2.24) is 14.7 Å². The normalized spacial score (nSPS) is 19.6. The van der Waals surface area contributed by atoms with Crippen LogP contribution in [-0.2, 0) is 24.4 Å². The van der Waals surface area contributed by atoms with Crippen molar-refractivity contribution in [3.63, 3.8) is 0 Å². The second-order valence-electron chi connectivity index (χ2n) is 5.16. The number of hydrogen-bond donors (Lipinski definition) is 0. The maximum Gasteiger partial charge on any atom is 0.123 e. The van der Waals surface area contributed by atoms with Crippen LogP contribution >= 0.6 is 0 Å². The predicted molar refractivity (Wildman–Crippen MR) is 73.5 cm³/mol. The van der Waals surface area contributed by atoms with Gasteiger partial charge in [-0.1, -0.05) is 12.1 Å². The molecule has 5 heteroatoms. The van der Waals surface area contributed by atoms with Gasteiger partial charge in [0.05, 0.1) is 18.3 Å². The molecule has 1 atom stereocenters. The Hall–Kier alpha value is -1.72. The van der Waals surface area contributed by atoms with Crippen LogP contribution in [0.3, 0.4) is 0 Å². The third kappa shape index (κ3) is 2.89. The number of methoxy groups -OCH3 is 1. The summed E-state index contributed by atoms with van der Waals surface area (Å²) in [7, 11) is 1.72. The zero-order chi connectivity index (χ0) is 13.9. The number of ether oxygens (including phenoxy) is 1. The minimum atomic E-state index is -0.189. The Balaban J connectivity index is 1.79. The van der Waals surface area contributed by atoms with Crippen molar-refractivity contribution < 1.29 is 9.13 Å². The molecule has 1 aromatic heterocycles. The highest BCUT2D eigenvalue weighted by Gasteiger charge is 2.22. The molecular formula is C15H18FN3O. The molecule has 4 nitrogen and oxygen atoms in total. The molecule has 1 aliphatic heterocycles. The first-order valence-electron chi connectivity index (χ1n) is 6.75. The minimum Gasteiger partial charge on any atom is -0.378 e. The number of fused-ring (bicyclic) bond motifs is 1. The first kappa shape index (κ1) is 13.3. The topological polar surface area (TPSA) is 30.3 Å². The van der Waals surface area contributed by atoms with Gasteiger partial charge in [0.1, 0.15) is 5.82 Å². The molecule has 3 rings (SSSR count). The maximum atomic E-state index is 13.3. The zero-order valence-corrected chi connectivity index (χ0v) is 11.5. The summed E-state index contributed by atoms with van der Waals surface area (Å²) in [4.78, 5) is 2.27. The summed E-state index contributed by atoms with van der Waals surface area (Å²) in [6, 6.07) is 8.78. The van der Waals surface area contributed by atoms with E-state index in [4.69, 9.17) is 4.74 Å². The number of halogens is 1. The van der Waals surface area contributed by atoms with Crippen LogP contribution in [0.25, 0.3) is 0 Å². The molecule has 0 saturated carbocycles. The molecule has 0 aliphatic carbocycles. The molecule has 1 unspecified atom stereocenters. The third-order valence-electron chi connectivity index (χ3n) is 3.66. The molecule has 0 radical (unpaired) electrons. The van der Waals surface area contributed by atoms with E-state index in [1.165, 1.54) is 11.8 Å². The van der Waals surface area contributed by atoms with Crippen LogP contribution in [0, 0.1) is 5.82 Å². The van der Waals surface area contributed by atoms with Gasteiger partial charge in [0.2, 0.25) is 0 Å². The predicted octanol–water partition coefficient (Wildman–Crippen LogP) is 2.05. The van der Waals surface area contributed by atoms with Gasteiger partial charge >= 0.3 is 0 Å². The van der Waals surface area contributed by atoms with E-state index in [2.05, 4.69) is 10.00 Å². The van der Waals surface area contributed by atoms with Gasteiger partial charge in [-0.25, -0.2) is 4.39 Å². The second kappa shape index (κ2) is 5.73. The Morgan fingerprint density at radius 1 is 1.35 bits per heavy atom. The molecule has 1 aromatic carbocycles. The number of rotatable bonds is 3. The van der Waals surface area contributed by atoms with E-state index in [0.29, 0.717) is 6.54 Å². The highest BCUT2D eigenvalue weighted by molar-refractivity contribution is 5.16. The van der Waals surface area contributed by atoms with Crippen LogP contribution in [-0.4, -0.2) is 34.4 Å². The van der Waals surface area contributed by atoms with Gasteiger partial charge in [-0.15, -0.1) is 0 Å². The van der Waals surface area contributed by atoms with Gasteiger partial charge in [0.25, 0.3) is 0 Å². The summed E-state index contributed by atoms with van der Waals surface area (Å²) in [5, 5.41) is 4.32. The number of hydrogen-bond acceptors (Lipinski definition) is 3. The van der Waals surface area contributed by atoms with Gasteiger partial charge in [-0.05, 0) is 23.8 Å². The molecule has 0 saturated heterocycles. The van der Waals surface area contributed by atoms with Gasteiger partial charge in [0, 0.05) is 32.9 Å². The molecule has 2 aromatic rings. The van der Waals surface area contributed by atoms with E-state index < -0.39 is 0 Å². The van der Waals surface area contributed by atoms with Gasteiger partial charge < -0.3 is 4.74 Å². The maximum absolute atomic E-state index is 13.3. The Labute approximate surface area is 117 Å². The van der Waals surface area contributed by atoms with Gasteiger partial charge in [-0.2, -0.15) is 5.10 Å². The highest BCUT2D eigenvalue weighted by atomic mass is 19.1. The van der Waals surface area contributed by atoms with E-state index in [9.17, 15) is 4.39 Å². The molecule has 0 amide bonds. The lowest BCUT2D eigenvalue weighted by Crippen LogP contribution is -2.32. The second-order valence-corrected chi connectivity index (χ2v) is 5.16. The smallest absolute Gasteiger partial charge is 0.123 e. The Morgan fingerprint density at radius 2 is 2.25 bits per heavy atom. The average Bonchev–Trinajstić information content (AvgIpc) is 2.78. The monoisotopic (exact) mass is 275 g/mol. The van der Waals surface area contributed by atoms with E-state index in [0.717, 1.165) is 25.2 Å². The summed E-state index contributed by atoms with van der Waals surface area (Å²) in [5.41, 5.74) is 2.15. The molecule has 1 aliphatic rings. The van der Waals surface area contributed by atoms with Crippen LogP contribution in [0.15, 0.2) is 36.5 Å². The molecule has 0 N–H and O–H groups in total. The fourth-order valence-electron chi connectivity index (χ4n) is 2.65. The lowest BCUT2D eigenvalue weighted by atomic mass is 10.2. The average molecular weight is 275 g/mol. The van der Waals surface area contributed by atoms with E-state index in [-0.39, 0.29) is 11.9 Å². The first-order chi connectivity index (χ1) is 9.74. The standard InChI is InChI=1S/C15H18FN3O/c1-20-15-10-18(8-12-3-2-4-13(16)7-12)9-14-5-6-17-19(14)11-15/h2-7,15H,8-11H2,1H3. The molecule has 0 fully saturated rings.